The van der Waals surface area contributed by atoms with Gasteiger partial charge < -0.3 is 0 Å². The molecule has 4 heteroatoms. The number of amides is 1. The number of aryl methyl sites for hydroxylation is 1. The van der Waals surface area contributed by atoms with Crippen LogP contribution in [0, 0.1) is 6.92 Å². The first-order valence-electron chi connectivity index (χ1n) is 9.08. The third-order valence-corrected chi connectivity index (χ3v) is 5.17. The second-order valence-corrected chi connectivity index (χ2v) is 6.97. The van der Waals surface area contributed by atoms with E-state index in [2.05, 4.69) is 16.6 Å². The smallest absolute Gasteiger partial charge is 0.271 e. The molecule has 4 aromatic carbocycles. The molecule has 1 amide bonds. The molecule has 0 unspecified atom stereocenters. The van der Waals surface area contributed by atoms with Crippen molar-refractivity contribution in [2.45, 2.75) is 6.92 Å². The molecule has 1 N–H and O–H groups in total. The standard InChI is InChI=1S/C24H16N2O2/c1-14-9-11-15(12-10-14)24(28)26-25-22-19-8-4-6-17-13-16-5-2-3-7-18(16)21(20(17)19)23(22)27/h2-13H,1H3,(H,26,28). The Hall–Kier alpha value is -3.79. The zero-order valence-corrected chi connectivity index (χ0v) is 15.2. The Bertz CT molecular complexity index is 1320. The van der Waals surface area contributed by atoms with E-state index in [4.69, 9.17) is 0 Å². The van der Waals surface area contributed by atoms with Gasteiger partial charge in [-0.25, -0.2) is 5.43 Å². The van der Waals surface area contributed by atoms with Crippen LogP contribution in [0.5, 0.6) is 0 Å². The van der Waals surface area contributed by atoms with E-state index in [-0.39, 0.29) is 17.4 Å². The van der Waals surface area contributed by atoms with Gasteiger partial charge in [-0.1, -0.05) is 60.2 Å². The van der Waals surface area contributed by atoms with E-state index in [9.17, 15) is 9.59 Å². The Balaban J connectivity index is 1.61. The molecule has 1 aliphatic carbocycles. The zero-order chi connectivity index (χ0) is 19.3. The van der Waals surface area contributed by atoms with E-state index in [0.717, 1.165) is 32.7 Å². The molecule has 0 saturated heterocycles. The van der Waals surface area contributed by atoms with E-state index in [1.165, 1.54) is 0 Å². The Morgan fingerprint density at radius 2 is 1.64 bits per heavy atom. The van der Waals surface area contributed by atoms with Crippen LogP contribution in [0.3, 0.4) is 0 Å². The highest BCUT2D eigenvalue weighted by Crippen LogP contribution is 2.36. The molecule has 5 rings (SSSR count). The van der Waals surface area contributed by atoms with Gasteiger partial charge in [-0.2, -0.15) is 5.10 Å². The average Bonchev–Trinajstić information content (AvgIpc) is 3.00. The maximum absolute atomic E-state index is 13.2. The van der Waals surface area contributed by atoms with Gasteiger partial charge in [0.2, 0.25) is 5.78 Å². The monoisotopic (exact) mass is 364 g/mol. The van der Waals surface area contributed by atoms with Crippen molar-refractivity contribution in [3.63, 3.8) is 0 Å². The fraction of sp³-hybridized carbons (Fsp3) is 0.0417. The molecule has 4 aromatic rings. The van der Waals surface area contributed by atoms with Crippen molar-refractivity contribution in [3.8, 4) is 0 Å². The first kappa shape index (κ1) is 16.4. The van der Waals surface area contributed by atoms with Crippen molar-refractivity contribution in [3.05, 3.63) is 95.1 Å². The quantitative estimate of drug-likeness (QED) is 0.416. The van der Waals surface area contributed by atoms with E-state index in [0.29, 0.717) is 11.1 Å². The van der Waals surface area contributed by atoms with Crippen molar-refractivity contribution in [2.75, 3.05) is 0 Å². The van der Waals surface area contributed by atoms with Gasteiger partial charge in [-0.05, 0) is 41.3 Å². The molecule has 0 atom stereocenters. The Labute approximate surface area is 161 Å². The summed E-state index contributed by atoms with van der Waals surface area (Å²) in [4.78, 5) is 25.6. The molecule has 1 aliphatic rings. The molecule has 4 nitrogen and oxygen atoms in total. The van der Waals surface area contributed by atoms with Crippen LogP contribution in [0.1, 0.15) is 31.8 Å². The minimum Gasteiger partial charge on any atom is -0.287 e. The number of ketones is 1. The molecule has 0 aliphatic heterocycles. The molecule has 0 saturated carbocycles. The molecule has 0 aromatic heterocycles. The SMILES string of the molecule is Cc1ccc(C(=O)NN=C2C(=O)c3c4ccccc4cc4cccc2c34)cc1. The lowest BCUT2D eigenvalue weighted by Crippen LogP contribution is -2.22. The Morgan fingerprint density at radius 1 is 0.893 bits per heavy atom. The highest BCUT2D eigenvalue weighted by molar-refractivity contribution is 6.61. The second-order valence-electron chi connectivity index (χ2n) is 6.97. The summed E-state index contributed by atoms with van der Waals surface area (Å²) in [6, 6.07) is 22.9. The van der Waals surface area contributed by atoms with Crippen LogP contribution < -0.4 is 5.43 Å². The van der Waals surface area contributed by atoms with Crippen molar-refractivity contribution in [1.82, 2.24) is 5.43 Å². The molecule has 0 fully saturated rings. The molecule has 0 bridgehead atoms. The Morgan fingerprint density at radius 3 is 2.46 bits per heavy atom. The predicted octanol–water partition coefficient (Wildman–Crippen LogP) is 4.63. The predicted molar refractivity (Wildman–Crippen MR) is 111 cm³/mol. The van der Waals surface area contributed by atoms with Crippen molar-refractivity contribution in [1.29, 1.82) is 0 Å². The first-order chi connectivity index (χ1) is 13.6. The highest BCUT2D eigenvalue weighted by Gasteiger charge is 2.31. The minimum atomic E-state index is -0.340. The molecule has 0 spiro atoms. The fourth-order valence-electron chi connectivity index (χ4n) is 3.78. The summed E-state index contributed by atoms with van der Waals surface area (Å²) in [5.74, 6) is -0.500. The molecule has 134 valence electrons. The van der Waals surface area contributed by atoms with Gasteiger partial charge >= 0.3 is 0 Å². The third-order valence-electron chi connectivity index (χ3n) is 5.17. The number of nitrogens with zero attached hydrogens (tertiary/aromatic N) is 1. The molecule has 0 heterocycles. The van der Waals surface area contributed by atoms with Crippen LogP contribution in [0.15, 0.2) is 77.9 Å². The number of hydrogen-bond acceptors (Lipinski definition) is 3. The highest BCUT2D eigenvalue weighted by atomic mass is 16.2. The van der Waals surface area contributed by atoms with Crippen molar-refractivity contribution in [2.24, 2.45) is 5.10 Å². The first-order valence-corrected chi connectivity index (χ1v) is 9.08. The summed E-state index contributed by atoms with van der Waals surface area (Å²) in [6.45, 7) is 1.96. The van der Waals surface area contributed by atoms with Gasteiger partial charge in [0.05, 0.1) is 0 Å². The van der Waals surface area contributed by atoms with Gasteiger partial charge in [0.1, 0.15) is 5.71 Å². The van der Waals surface area contributed by atoms with Crippen LogP contribution in [0.25, 0.3) is 21.5 Å². The molecular formula is C24H16N2O2. The van der Waals surface area contributed by atoms with Gasteiger partial charge in [-0.15, -0.1) is 0 Å². The van der Waals surface area contributed by atoms with Crippen molar-refractivity contribution < 1.29 is 9.59 Å². The summed E-state index contributed by atoms with van der Waals surface area (Å²) < 4.78 is 0. The number of carbonyl (C=O) groups is 2. The number of rotatable bonds is 2. The molecule has 28 heavy (non-hydrogen) atoms. The number of hydrogen-bond donors (Lipinski definition) is 1. The topological polar surface area (TPSA) is 58.5 Å². The number of Topliss-reactive ketones (excluding diaryl/α,β-unsaturated/α-hetero) is 1. The van der Waals surface area contributed by atoms with Crippen LogP contribution in [0.2, 0.25) is 0 Å². The summed E-state index contributed by atoms with van der Waals surface area (Å²) in [7, 11) is 0. The third kappa shape index (κ3) is 2.42. The largest absolute Gasteiger partial charge is 0.287 e. The van der Waals surface area contributed by atoms with E-state index in [1.54, 1.807) is 12.1 Å². The summed E-state index contributed by atoms with van der Waals surface area (Å²) >= 11 is 0. The molecular weight excluding hydrogens is 348 g/mol. The number of hydrazone groups is 1. The van der Waals surface area contributed by atoms with E-state index in [1.807, 2.05) is 61.5 Å². The fourth-order valence-corrected chi connectivity index (χ4v) is 3.78. The van der Waals surface area contributed by atoms with Gasteiger partial charge in [0, 0.05) is 22.1 Å². The van der Waals surface area contributed by atoms with Crippen LogP contribution in [-0.4, -0.2) is 17.4 Å². The van der Waals surface area contributed by atoms with Gasteiger partial charge in [0.15, 0.2) is 0 Å². The summed E-state index contributed by atoms with van der Waals surface area (Å²) in [6.07, 6.45) is 0. The number of carbonyl (C=O) groups excluding carboxylic acids is 2. The molecule has 0 radical (unpaired) electrons. The Kier molecular flexibility index (Phi) is 3.59. The number of fused-ring (bicyclic) bond motifs is 2. The minimum absolute atomic E-state index is 0.160. The van der Waals surface area contributed by atoms with Gasteiger partial charge in [0.25, 0.3) is 5.91 Å². The lowest BCUT2D eigenvalue weighted by atomic mass is 9.98. The van der Waals surface area contributed by atoms with Crippen LogP contribution >= 0.6 is 0 Å². The number of nitrogens with one attached hydrogen (secondary N) is 1. The summed E-state index contributed by atoms with van der Waals surface area (Å²) in [5.41, 5.74) is 5.81. The number of benzene rings is 4. The maximum atomic E-state index is 13.2. The summed E-state index contributed by atoms with van der Waals surface area (Å²) in [5, 5.41) is 8.03. The average molecular weight is 364 g/mol. The second kappa shape index (κ2) is 6.13. The van der Waals surface area contributed by atoms with E-state index >= 15 is 0 Å². The van der Waals surface area contributed by atoms with E-state index < -0.39 is 0 Å². The lowest BCUT2D eigenvalue weighted by molar-refractivity contribution is 0.0955. The normalized spacial score (nSPS) is 14.2. The zero-order valence-electron chi connectivity index (χ0n) is 15.2. The maximum Gasteiger partial charge on any atom is 0.271 e. The lowest BCUT2D eigenvalue weighted by Gasteiger charge is -2.05. The van der Waals surface area contributed by atoms with Gasteiger partial charge in [-0.3, -0.25) is 9.59 Å². The van der Waals surface area contributed by atoms with Crippen LogP contribution in [0.4, 0.5) is 0 Å². The van der Waals surface area contributed by atoms with Crippen LogP contribution in [-0.2, 0) is 0 Å². The van der Waals surface area contributed by atoms with Crippen molar-refractivity contribution >= 4 is 38.9 Å².